The Balaban J connectivity index is 1.64. The largest absolute Gasteiger partial charge is 0.497 e. The molecule has 2 heterocycles. The standard InChI is InChI=1S/C16H14N4O3/c1-22-13-6-2-4-11(8-13)15(21)18-10-14-19-20-16(23-14)12-5-3-7-17-9-12/h2-9H,10H2,1H3,(H,18,21). The van der Waals surface area contributed by atoms with Crippen LogP contribution in [-0.2, 0) is 6.54 Å². The maximum Gasteiger partial charge on any atom is 0.251 e. The Labute approximate surface area is 132 Å². The molecule has 1 N–H and O–H groups in total. The predicted molar refractivity (Wildman–Crippen MR) is 81.7 cm³/mol. The molecule has 0 saturated carbocycles. The fourth-order valence-electron chi connectivity index (χ4n) is 1.95. The van der Waals surface area contributed by atoms with Crippen molar-refractivity contribution in [1.29, 1.82) is 0 Å². The Morgan fingerprint density at radius 2 is 2.17 bits per heavy atom. The number of hydrogen-bond donors (Lipinski definition) is 1. The van der Waals surface area contributed by atoms with E-state index in [1.807, 2.05) is 6.07 Å². The van der Waals surface area contributed by atoms with E-state index in [4.69, 9.17) is 9.15 Å². The van der Waals surface area contributed by atoms with Crippen molar-refractivity contribution in [2.75, 3.05) is 7.11 Å². The van der Waals surface area contributed by atoms with E-state index in [1.165, 1.54) is 0 Å². The van der Waals surface area contributed by atoms with E-state index >= 15 is 0 Å². The van der Waals surface area contributed by atoms with Crippen molar-refractivity contribution >= 4 is 5.91 Å². The molecule has 3 rings (SSSR count). The number of nitrogens with zero attached hydrogens (tertiary/aromatic N) is 3. The van der Waals surface area contributed by atoms with Gasteiger partial charge in [0.25, 0.3) is 5.91 Å². The Morgan fingerprint density at radius 1 is 1.26 bits per heavy atom. The maximum absolute atomic E-state index is 12.1. The van der Waals surface area contributed by atoms with Gasteiger partial charge in [-0.1, -0.05) is 6.07 Å². The lowest BCUT2D eigenvalue weighted by atomic mass is 10.2. The van der Waals surface area contributed by atoms with Gasteiger partial charge in [0.1, 0.15) is 5.75 Å². The molecular weight excluding hydrogens is 296 g/mol. The number of hydrogen-bond acceptors (Lipinski definition) is 6. The van der Waals surface area contributed by atoms with Gasteiger partial charge in [-0.3, -0.25) is 9.78 Å². The SMILES string of the molecule is COc1cccc(C(=O)NCc2nnc(-c3cccnc3)o2)c1. The van der Waals surface area contributed by atoms with Crippen LogP contribution in [0.4, 0.5) is 0 Å². The van der Waals surface area contributed by atoms with Crippen molar-refractivity contribution in [2.24, 2.45) is 0 Å². The summed E-state index contributed by atoms with van der Waals surface area (Å²) in [6.07, 6.45) is 3.29. The van der Waals surface area contributed by atoms with E-state index in [-0.39, 0.29) is 12.5 Å². The smallest absolute Gasteiger partial charge is 0.251 e. The van der Waals surface area contributed by atoms with Gasteiger partial charge in [0, 0.05) is 18.0 Å². The number of amides is 1. The van der Waals surface area contributed by atoms with Crippen LogP contribution in [0.5, 0.6) is 5.75 Å². The monoisotopic (exact) mass is 310 g/mol. The van der Waals surface area contributed by atoms with Crippen molar-refractivity contribution < 1.29 is 13.9 Å². The van der Waals surface area contributed by atoms with Gasteiger partial charge in [-0.05, 0) is 30.3 Å². The van der Waals surface area contributed by atoms with Crippen LogP contribution in [0.25, 0.3) is 11.5 Å². The highest BCUT2D eigenvalue weighted by molar-refractivity contribution is 5.94. The van der Waals surface area contributed by atoms with Crippen molar-refractivity contribution in [3.63, 3.8) is 0 Å². The first-order chi connectivity index (χ1) is 11.3. The van der Waals surface area contributed by atoms with E-state index in [0.717, 1.165) is 5.56 Å². The highest BCUT2D eigenvalue weighted by Crippen LogP contribution is 2.16. The molecule has 7 nitrogen and oxygen atoms in total. The van der Waals surface area contributed by atoms with Crippen LogP contribution >= 0.6 is 0 Å². The molecule has 0 unspecified atom stereocenters. The minimum Gasteiger partial charge on any atom is -0.497 e. The Hall–Kier alpha value is -3.22. The second-order valence-corrected chi connectivity index (χ2v) is 4.66. The first-order valence-electron chi connectivity index (χ1n) is 6.91. The van der Waals surface area contributed by atoms with Crippen LogP contribution < -0.4 is 10.1 Å². The van der Waals surface area contributed by atoms with Crippen LogP contribution in [0.2, 0.25) is 0 Å². The van der Waals surface area contributed by atoms with Gasteiger partial charge in [0.05, 0.1) is 19.2 Å². The molecule has 1 aromatic carbocycles. The van der Waals surface area contributed by atoms with Crippen molar-refractivity contribution in [2.45, 2.75) is 6.54 Å². The summed E-state index contributed by atoms with van der Waals surface area (Å²) in [5.74, 6) is 1.06. The molecule has 0 atom stereocenters. The highest BCUT2D eigenvalue weighted by atomic mass is 16.5. The summed E-state index contributed by atoms with van der Waals surface area (Å²) >= 11 is 0. The minimum absolute atomic E-state index is 0.142. The number of aromatic nitrogens is 3. The number of rotatable bonds is 5. The number of pyridine rings is 1. The molecule has 0 aliphatic heterocycles. The molecule has 116 valence electrons. The molecular formula is C16H14N4O3. The van der Waals surface area contributed by atoms with Crippen molar-refractivity contribution in [3.8, 4) is 17.2 Å². The summed E-state index contributed by atoms with van der Waals surface area (Å²) in [4.78, 5) is 16.1. The van der Waals surface area contributed by atoms with E-state index in [0.29, 0.717) is 23.1 Å². The zero-order valence-electron chi connectivity index (χ0n) is 12.4. The van der Waals surface area contributed by atoms with Gasteiger partial charge < -0.3 is 14.5 Å². The van der Waals surface area contributed by atoms with Crippen LogP contribution in [0.15, 0.2) is 53.2 Å². The molecule has 0 bridgehead atoms. The lowest BCUT2D eigenvalue weighted by Gasteiger charge is -2.04. The third-order valence-corrected chi connectivity index (χ3v) is 3.11. The summed E-state index contributed by atoms with van der Waals surface area (Å²) in [5, 5.41) is 10.6. The normalized spacial score (nSPS) is 10.3. The second kappa shape index (κ2) is 6.69. The number of carbonyl (C=O) groups excluding carboxylic acids is 1. The lowest BCUT2D eigenvalue weighted by Crippen LogP contribution is -2.22. The molecule has 7 heteroatoms. The fraction of sp³-hybridized carbons (Fsp3) is 0.125. The van der Waals surface area contributed by atoms with Crippen LogP contribution in [0.3, 0.4) is 0 Å². The zero-order chi connectivity index (χ0) is 16.1. The number of carbonyl (C=O) groups is 1. The average molecular weight is 310 g/mol. The number of nitrogens with one attached hydrogen (secondary N) is 1. The molecule has 2 aromatic heterocycles. The van der Waals surface area contributed by atoms with Crippen LogP contribution in [0, 0.1) is 0 Å². The van der Waals surface area contributed by atoms with Crippen LogP contribution in [-0.4, -0.2) is 28.2 Å². The predicted octanol–water partition coefficient (Wildman–Crippen LogP) is 2.07. The quantitative estimate of drug-likeness (QED) is 0.776. The molecule has 0 spiro atoms. The van der Waals surface area contributed by atoms with Crippen LogP contribution in [0.1, 0.15) is 16.2 Å². The maximum atomic E-state index is 12.1. The first kappa shape index (κ1) is 14.7. The Morgan fingerprint density at radius 3 is 2.96 bits per heavy atom. The van der Waals surface area contributed by atoms with Gasteiger partial charge in [0.2, 0.25) is 11.8 Å². The molecule has 0 fully saturated rings. The van der Waals surface area contributed by atoms with Crippen molar-refractivity contribution in [1.82, 2.24) is 20.5 Å². The molecule has 0 aliphatic rings. The summed E-state index contributed by atoms with van der Waals surface area (Å²) < 4.78 is 10.6. The lowest BCUT2D eigenvalue weighted by molar-refractivity contribution is 0.0947. The molecule has 0 aliphatic carbocycles. The van der Waals surface area contributed by atoms with E-state index in [2.05, 4.69) is 20.5 Å². The average Bonchev–Trinajstić information content (AvgIpc) is 3.09. The third kappa shape index (κ3) is 3.52. The number of methoxy groups -OCH3 is 1. The van der Waals surface area contributed by atoms with Gasteiger partial charge >= 0.3 is 0 Å². The summed E-state index contributed by atoms with van der Waals surface area (Å²) in [6, 6.07) is 10.5. The second-order valence-electron chi connectivity index (χ2n) is 4.66. The first-order valence-corrected chi connectivity index (χ1v) is 6.91. The Kier molecular flexibility index (Phi) is 4.28. The summed E-state index contributed by atoms with van der Waals surface area (Å²) in [7, 11) is 1.55. The van der Waals surface area contributed by atoms with Gasteiger partial charge in [0.15, 0.2) is 0 Å². The fourth-order valence-corrected chi connectivity index (χ4v) is 1.95. The molecule has 3 aromatic rings. The molecule has 23 heavy (non-hydrogen) atoms. The topological polar surface area (TPSA) is 90.1 Å². The molecule has 0 saturated heterocycles. The van der Waals surface area contributed by atoms with Gasteiger partial charge in [-0.25, -0.2) is 0 Å². The van der Waals surface area contributed by atoms with E-state index < -0.39 is 0 Å². The minimum atomic E-state index is -0.245. The van der Waals surface area contributed by atoms with Gasteiger partial charge in [-0.2, -0.15) is 0 Å². The van der Waals surface area contributed by atoms with Gasteiger partial charge in [-0.15, -0.1) is 10.2 Å². The summed E-state index contributed by atoms with van der Waals surface area (Å²) in [6.45, 7) is 0.142. The summed E-state index contributed by atoms with van der Waals surface area (Å²) in [5.41, 5.74) is 1.22. The number of ether oxygens (including phenoxy) is 1. The molecule has 0 radical (unpaired) electrons. The van der Waals surface area contributed by atoms with Crippen molar-refractivity contribution in [3.05, 3.63) is 60.2 Å². The van der Waals surface area contributed by atoms with E-state index in [9.17, 15) is 4.79 Å². The Bertz CT molecular complexity index is 802. The number of benzene rings is 1. The highest BCUT2D eigenvalue weighted by Gasteiger charge is 2.11. The zero-order valence-corrected chi connectivity index (χ0v) is 12.4. The molecule has 1 amide bonds. The third-order valence-electron chi connectivity index (χ3n) is 3.11. The van der Waals surface area contributed by atoms with E-state index in [1.54, 1.807) is 49.8 Å².